The number of nitrogens with one attached hydrogen (secondary N) is 2. The third kappa shape index (κ3) is 2.26. The molecule has 3 heteroatoms. The molecule has 0 amide bonds. The first-order valence-corrected chi connectivity index (χ1v) is 6.70. The molecule has 1 aromatic heterocycles. The lowest BCUT2D eigenvalue weighted by molar-refractivity contribution is 0.683. The maximum atomic E-state index is 3.95. The van der Waals surface area contributed by atoms with Crippen LogP contribution in [-0.2, 0) is 12.8 Å². The van der Waals surface area contributed by atoms with E-state index in [9.17, 15) is 0 Å². The Kier molecular flexibility index (Phi) is 3.05. The highest BCUT2D eigenvalue weighted by Gasteiger charge is 2.12. The summed E-state index contributed by atoms with van der Waals surface area (Å²) in [6, 6.07) is 7.24. The molecule has 1 heterocycles. The first-order valence-electron chi connectivity index (χ1n) is 6.70. The zero-order chi connectivity index (χ0) is 12.4. The van der Waals surface area contributed by atoms with Gasteiger partial charge in [-0.05, 0) is 49.3 Å². The quantitative estimate of drug-likeness (QED) is 0.864. The van der Waals surface area contributed by atoms with Gasteiger partial charge >= 0.3 is 0 Å². The number of hydrogen-bond acceptors (Lipinski definition) is 2. The van der Waals surface area contributed by atoms with Crippen LogP contribution in [0, 0.1) is 0 Å². The van der Waals surface area contributed by atoms with Gasteiger partial charge in [-0.15, -0.1) is 0 Å². The fraction of sp³-hybridized carbons (Fsp3) is 0.400. The lowest BCUT2D eigenvalue weighted by Crippen LogP contribution is -2.09. The van der Waals surface area contributed by atoms with Gasteiger partial charge in [-0.2, -0.15) is 5.10 Å². The van der Waals surface area contributed by atoms with Gasteiger partial charge < -0.3 is 5.32 Å². The molecule has 0 aliphatic heterocycles. The number of aromatic amines is 1. The molecule has 0 spiro atoms. The molecule has 3 rings (SSSR count). The number of aryl methyl sites for hydroxylation is 2. The first-order chi connectivity index (χ1) is 8.83. The van der Waals surface area contributed by atoms with Crippen molar-refractivity contribution >= 4 is 5.69 Å². The van der Waals surface area contributed by atoms with E-state index >= 15 is 0 Å². The summed E-state index contributed by atoms with van der Waals surface area (Å²) in [6.07, 6.45) is 8.86. The molecule has 1 aliphatic rings. The number of nitrogens with zero attached hydrogens (tertiary/aromatic N) is 1. The van der Waals surface area contributed by atoms with Crippen LogP contribution < -0.4 is 5.32 Å². The molecule has 0 saturated heterocycles. The van der Waals surface area contributed by atoms with Crippen LogP contribution in [0.25, 0.3) is 0 Å². The van der Waals surface area contributed by atoms with E-state index < -0.39 is 0 Å². The van der Waals surface area contributed by atoms with E-state index in [1.807, 2.05) is 12.4 Å². The van der Waals surface area contributed by atoms with E-state index in [-0.39, 0.29) is 0 Å². The van der Waals surface area contributed by atoms with Crippen LogP contribution in [-0.4, -0.2) is 10.2 Å². The Balaban J connectivity index is 1.79. The molecular weight excluding hydrogens is 222 g/mol. The predicted molar refractivity (Wildman–Crippen MR) is 73.7 cm³/mol. The van der Waals surface area contributed by atoms with Crippen molar-refractivity contribution in [3.63, 3.8) is 0 Å². The summed E-state index contributed by atoms with van der Waals surface area (Å²) in [6.45, 7) is 2.19. The lowest BCUT2D eigenvalue weighted by Gasteiger charge is -2.20. The van der Waals surface area contributed by atoms with Gasteiger partial charge in [0.05, 0.1) is 11.9 Å². The summed E-state index contributed by atoms with van der Waals surface area (Å²) in [7, 11) is 0. The van der Waals surface area contributed by atoms with Crippen LogP contribution in [0.2, 0.25) is 0 Å². The maximum absolute atomic E-state index is 3.95. The average molecular weight is 241 g/mol. The van der Waals surface area contributed by atoms with Crippen molar-refractivity contribution in [2.45, 2.75) is 38.6 Å². The standard InChI is InChI=1S/C15H19N3/c1-11(18-15-9-16-17-10-15)13-7-6-12-4-2-3-5-14(12)8-13/h6-11,18H,2-5H2,1H3,(H,16,17). The topological polar surface area (TPSA) is 40.7 Å². The highest BCUT2D eigenvalue weighted by molar-refractivity contribution is 5.43. The Morgan fingerprint density at radius 2 is 2.06 bits per heavy atom. The molecule has 1 atom stereocenters. The van der Waals surface area contributed by atoms with Gasteiger partial charge in [0.15, 0.2) is 0 Å². The highest BCUT2D eigenvalue weighted by Crippen LogP contribution is 2.26. The van der Waals surface area contributed by atoms with E-state index in [4.69, 9.17) is 0 Å². The van der Waals surface area contributed by atoms with Crippen molar-refractivity contribution in [2.24, 2.45) is 0 Å². The normalized spacial score (nSPS) is 16.1. The number of fused-ring (bicyclic) bond motifs is 1. The second kappa shape index (κ2) is 4.84. The molecule has 0 fully saturated rings. The van der Waals surface area contributed by atoms with Crippen molar-refractivity contribution in [3.8, 4) is 0 Å². The summed E-state index contributed by atoms with van der Waals surface area (Å²) < 4.78 is 0. The van der Waals surface area contributed by atoms with E-state index in [1.54, 1.807) is 11.1 Å². The minimum Gasteiger partial charge on any atom is -0.376 e. The summed E-state index contributed by atoms with van der Waals surface area (Å²) in [5.74, 6) is 0. The Labute approximate surface area is 108 Å². The van der Waals surface area contributed by atoms with Crippen LogP contribution in [0.1, 0.15) is 42.5 Å². The van der Waals surface area contributed by atoms with Crippen molar-refractivity contribution in [1.82, 2.24) is 10.2 Å². The monoisotopic (exact) mass is 241 g/mol. The van der Waals surface area contributed by atoms with Crippen LogP contribution in [0.5, 0.6) is 0 Å². The molecule has 2 aromatic rings. The molecule has 3 nitrogen and oxygen atoms in total. The third-order valence-electron chi connectivity index (χ3n) is 3.75. The molecule has 0 bridgehead atoms. The molecular formula is C15H19N3. The maximum Gasteiger partial charge on any atom is 0.0728 e. The second-order valence-electron chi connectivity index (χ2n) is 5.09. The van der Waals surface area contributed by atoms with Gasteiger partial charge in [0, 0.05) is 12.2 Å². The number of H-pyrrole nitrogens is 1. The molecule has 94 valence electrons. The molecule has 18 heavy (non-hydrogen) atoms. The van der Waals surface area contributed by atoms with E-state index in [0.29, 0.717) is 6.04 Å². The molecule has 2 N–H and O–H groups in total. The molecule has 1 aliphatic carbocycles. The largest absolute Gasteiger partial charge is 0.376 e. The van der Waals surface area contributed by atoms with Gasteiger partial charge in [-0.3, -0.25) is 5.10 Å². The van der Waals surface area contributed by atoms with E-state index in [2.05, 4.69) is 40.6 Å². The zero-order valence-electron chi connectivity index (χ0n) is 10.7. The van der Waals surface area contributed by atoms with Gasteiger partial charge in [0.2, 0.25) is 0 Å². The average Bonchev–Trinajstić information content (AvgIpc) is 2.91. The van der Waals surface area contributed by atoms with Crippen molar-refractivity contribution < 1.29 is 0 Å². The van der Waals surface area contributed by atoms with Gasteiger partial charge in [-0.1, -0.05) is 18.2 Å². The SMILES string of the molecule is CC(Nc1cn[nH]c1)c1ccc2c(c1)CCCC2. The minimum atomic E-state index is 0.315. The molecule has 0 radical (unpaired) electrons. The number of aromatic nitrogens is 2. The Morgan fingerprint density at radius 1 is 1.22 bits per heavy atom. The highest BCUT2D eigenvalue weighted by atomic mass is 15.1. The molecule has 1 aromatic carbocycles. The first kappa shape index (κ1) is 11.3. The number of rotatable bonds is 3. The van der Waals surface area contributed by atoms with Crippen molar-refractivity contribution in [1.29, 1.82) is 0 Å². The minimum absolute atomic E-state index is 0.315. The third-order valence-corrected chi connectivity index (χ3v) is 3.75. The fourth-order valence-corrected chi connectivity index (χ4v) is 2.69. The van der Waals surface area contributed by atoms with Gasteiger partial charge in [0.25, 0.3) is 0 Å². The number of hydrogen-bond donors (Lipinski definition) is 2. The Bertz CT molecular complexity index is 517. The van der Waals surface area contributed by atoms with E-state index in [0.717, 1.165) is 5.69 Å². The van der Waals surface area contributed by atoms with Gasteiger partial charge in [-0.25, -0.2) is 0 Å². The number of benzene rings is 1. The fourth-order valence-electron chi connectivity index (χ4n) is 2.69. The second-order valence-corrected chi connectivity index (χ2v) is 5.09. The van der Waals surface area contributed by atoms with Gasteiger partial charge in [0.1, 0.15) is 0 Å². The lowest BCUT2D eigenvalue weighted by atomic mass is 9.89. The van der Waals surface area contributed by atoms with Crippen LogP contribution in [0.4, 0.5) is 5.69 Å². The Hall–Kier alpha value is -1.77. The Morgan fingerprint density at radius 3 is 2.83 bits per heavy atom. The summed E-state index contributed by atoms with van der Waals surface area (Å²) >= 11 is 0. The van der Waals surface area contributed by atoms with Crippen LogP contribution >= 0.6 is 0 Å². The zero-order valence-corrected chi connectivity index (χ0v) is 10.7. The summed E-state index contributed by atoms with van der Waals surface area (Å²) in [5.41, 5.74) is 5.48. The summed E-state index contributed by atoms with van der Waals surface area (Å²) in [4.78, 5) is 0. The van der Waals surface area contributed by atoms with E-state index in [1.165, 1.54) is 31.2 Å². The predicted octanol–water partition coefficient (Wildman–Crippen LogP) is 3.46. The van der Waals surface area contributed by atoms with Crippen LogP contribution in [0.15, 0.2) is 30.6 Å². The molecule has 1 unspecified atom stereocenters. The van der Waals surface area contributed by atoms with Crippen molar-refractivity contribution in [3.05, 3.63) is 47.3 Å². The van der Waals surface area contributed by atoms with Crippen molar-refractivity contribution in [2.75, 3.05) is 5.32 Å². The molecule has 0 saturated carbocycles. The number of anilines is 1. The summed E-state index contributed by atoms with van der Waals surface area (Å²) in [5, 5.41) is 10.2. The van der Waals surface area contributed by atoms with Crippen LogP contribution in [0.3, 0.4) is 0 Å². The smallest absolute Gasteiger partial charge is 0.0728 e.